The molecular weight excluding hydrogens is 366 g/mol. The average molecular weight is 396 g/mol. The summed E-state index contributed by atoms with van der Waals surface area (Å²) in [6.07, 6.45) is 3.18. The number of carbonyl (C=O) groups is 2. The average Bonchev–Trinajstić information content (AvgIpc) is 3.07. The van der Waals surface area contributed by atoms with Crippen molar-refractivity contribution in [3.05, 3.63) is 17.7 Å². The molecule has 0 aromatic heterocycles. The lowest BCUT2D eigenvalue weighted by Gasteiger charge is -2.18. The Morgan fingerprint density at radius 1 is 1.04 bits per heavy atom. The summed E-state index contributed by atoms with van der Waals surface area (Å²) in [7, 11) is 0. The van der Waals surface area contributed by atoms with Crippen LogP contribution < -0.4 is 19.5 Å². The molecule has 1 atom stereocenters. The van der Waals surface area contributed by atoms with E-state index >= 15 is 0 Å². The van der Waals surface area contributed by atoms with E-state index in [1.807, 2.05) is 20.8 Å². The van der Waals surface area contributed by atoms with Crippen molar-refractivity contribution >= 4 is 22.8 Å². The van der Waals surface area contributed by atoms with Crippen LogP contribution in [0.3, 0.4) is 0 Å². The fourth-order valence-electron chi connectivity index (χ4n) is 2.56. The molecule has 1 aromatic rings. The second-order valence-electron chi connectivity index (χ2n) is 6.33. The molecule has 0 unspecified atom stereocenters. The van der Waals surface area contributed by atoms with E-state index in [-0.39, 0.29) is 11.0 Å². The van der Waals surface area contributed by atoms with Crippen LogP contribution >= 0.6 is 11.8 Å². The van der Waals surface area contributed by atoms with Gasteiger partial charge in [0.1, 0.15) is 0 Å². The summed E-state index contributed by atoms with van der Waals surface area (Å²) in [5.41, 5.74) is 0.403. The molecule has 1 amide bonds. The molecule has 1 heterocycles. The van der Waals surface area contributed by atoms with Gasteiger partial charge in [-0.3, -0.25) is 9.59 Å². The number of carbonyl (C=O) groups excluding carboxylic acids is 2. The van der Waals surface area contributed by atoms with Crippen molar-refractivity contribution in [1.82, 2.24) is 5.32 Å². The minimum absolute atomic E-state index is 0.0103. The number of hydrogen-bond acceptors (Lipinski definition) is 6. The van der Waals surface area contributed by atoms with Crippen LogP contribution in [0.15, 0.2) is 12.1 Å². The third kappa shape index (κ3) is 6.06. The molecule has 0 aliphatic carbocycles. The molecule has 1 N–H and O–H groups in total. The summed E-state index contributed by atoms with van der Waals surface area (Å²) < 4.78 is 17.5. The van der Waals surface area contributed by atoms with Gasteiger partial charge in [-0.05, 0) is 37.8 Å². The van der Waals surface area contributed by atoms with Crippen LogP contribution in [0.5, 0.6) is 17.2 Å². The van der Waals surface area contributed by atoms with Crippen LogP contribution in [0, 0.1) is 0 Å². The van der Waals surface area contributed by atoms with Gasteiger partial charge in [0.05, 0.1) is 25.9 Å². The van der Waals surface area contributed by atoms with Gasteiger partial charge in [0.2, 0.25) is 10.9 Å². The fourth-order valence-corrected chi connectivity index (χ4v) is 3.49. The second kappa shape index (κ2) is 11.1. The van der Waals surface area contributed by atoms with Crippen LogP contribution in [-0.2, 0) is 4.79 Å². The van der Waals surface area contributed by atoms with Gasteiger partial charge in [0, 0.05) is 11.3 Å². The van der Waals surface area contributed by atoms with E-state index in [4.69, 9.17) is 14.2 Å². The monoisotopic (exact) mass is 395 g/mol. The van der Waals surface area contributed by atoms with Crippen molar-refractivity contribution in [1.29, 1.82) is 0 Å². The third-order valence-electron chi connectivity index (χ3n) is 3.90. The Morgan fingerprint density at radius 2 is 1.59 bits per heavy atom. The van der Waals surface area contributed by atoms with Gasteiger partial charge in [0.25, 0.3) is 5.91 Å². The Labute approximate surface area is 165 Å². The van der Waals surface area contributed by atoms with Gasteiger partial charge in [-0.15, -0.1) is 0 Å². The number of thioether (sulfide) groups is 1. The Balaban J connectivity index is 2.31. The molecule has 1 aliphatic heterocycles. The van der Waals surface area contributed by atoms with Crippen LogP contribution in [0.4, 0.5) is 0 Å². The first-order chi connectivity index (χ1) is 13.1. The largest absolute Gasteiger partial charge is 0.490 e. The zero-order valence-corrected chi connectivity index (χ0v) is 17.2. The maximum atomic E-state index is 12.7. The number of rotatable bonds is 11. The summed E-state index contributed by atoms with van der Waals surface area (Å²) in [4.78, 5) is 24.5. The molecule has 7 heteroatoms. The van der Waals surface area contributed by atoms with E-state index in [2.05, 4.69) is 5.32 Å². The molecule has 2 rings (SSSR count). The van der Waals surface area contributed by atoms with Gasteiger partial charge in [-0.25, -0.2) is 0 Å². The van der Waals surface area contributed by atoms with Crippen LogP contribution in [0.2, 0.25) is 0 Å². The topological polar surface area (TPSA) is 73.9 Å². The summed E-state index contributed by atoms with van der Waals surface area (Å²) in [5, 5.41) is 2.82. The van der Waals surface area contributed by atoms with E-state index in [0.717, 1.165) is 25.0 Å². The van der Waals surface area contributed by atoms with Crippen molar-refractivity contribution in [2.75, 3.05) is 25.6 Å². The summed E-state index contributed by atoms with van der Waals surface area (Å²) in [5.74, 6) is 1.96. The van der Waals surface area contributed by atoms with Crippen molar-refractivity contribution in [3.63, 3.8) is 0 Å². The molecule has 6 nitrogen and oxygen atoms in total. The fraction of sp³-hybridized carbons (Fsp3) is 0.600. The van der Waals surface area contributed by atoms with Crippen LogP contribution in [0.1, 0.15) is 56.8 Å². The molecule has 27 heavy (non-hydrogen) atoms. The maximum absolute atomic E-state index is 12.7. The summed E-state index contributed by atoms with van der Waals surface area (Å²) in [6.45, 7) is 7.61. The Morgan fingerprint density at radius 3 is 2.07 bits per heavy atom. The maximum Gasteiger partial charge on any atom is 0.252 e. The smallest absolute Gasteiger partial charge is 0.252 e. The highest BCUT2D eigenvalue weighted by Crippen LogP contribution is 2.39. The molecule has 0 bridgehead atoms. The molecule has 1 aromatic carbocycles. The Hall–Kier alpha value is -1.89. The van der Waals surface area contributed by atoms with Gasteiger partial charge < -0.3 is 19.5 Å². The first-order valence-corrected chi connectivity index (χ1v) is 10.6. The lowest BCUT2D eigenvalue weighted by atomic mass is 10.1. The van der Waals surface area contributed by atoms with E-state index in [0.29, 0.717) is 49.1 Å². The predicted molar refractivity (Wildman–Crippen MR) is 107 cm³/mol. The molecule has 1 fully saturated rings. The normalized spacial score (nSPS) is 16.3. The van der Waals surface area contributed by atoms with E-state index in [1.165, 1.54) is 11.8 Å². The predicted octanol–water partition coefficient (Wildman–Crippen LogP) is 3.81. The first-order valence-electron chi connectivity index (χ1n) is 9.64. The third-order valence-corrected chi connectivity index (χ3v) is 4.91. The standard InChI is InChI=1S/C20H29NO5S/c1-4-8-24-16-12-14(19(22)21-15-7-11-27-20(15)23)13-17(25-9-5-2)18(16)26-10-6-3/h12-13,15H,4-11H2,1-3H3,(H,21,22)/t15-/m0/s1. The second-order valence-corrected chi connectivity index (χ2v) is 7.43. The van der Waals surface area contributed by atoms with Crippen molar-refractivity contribution in [2.45, 2.75) is 52.5 Å². The minimum Gasteiger partial charge on any atom is -0.490 e. The van der Waals surface area contributed by atoms with Crippen molar-refractivity contribution in [2.24, 2.45) is 0 Å². The van der Waals surface area contributed by atoms with Gasteiger partial charge in [0.15, 0.2) is 11.5 Å². The van der Waals surface area contributed by atoms with E-state index in [9.17, 15) is 9.59 Å². The van der Waals surface area contributed by atoms with Crippen LogP contribution in [0.25, 0.3) is 0 Å². The highest BCUT2D eigenvalue weighted by Gasteiger charge is 2.28. The molecule has 1 saturated heterocycles. The first kappa shape index (κ1) is 21.4. The number of nitrogens with one attached hydrogen (secondary N) is 1. The molecule has 0 saturated carbocycles. The molecule has 0 spiro atoms. The zero-order valence-electron chi connectivity index (χ0n) is 16.3. The highest BCUT2D eigenvalue weighted by molar-refractivity contribution is 8.14. The molecule has 150 valence electrons. The number of benzene rings is 1. The lowest BCUT2D eigenvalue weighted by Crippen LogP contribution is -2.37. The van der Waals surface area contributed by atoms with E-state index < -0.39 is 6.04 Å². The van der Waals surface area contributed by atoms with Gasteiger partial charge in [-0.1, -0.05) is 32.5 Å². The molecule has 1 aliphatic rings. The number of hydrogen-bond donors (Lipinski definition) is 1. The van der Waals surface area contributed by atoms with E-state index in [1.54, 1.807) is 12.1 Å². The Bertz CT molecular complexity index is 620. The highest BCUT2D eigenvalue weighted by atomic mass is 32.2. The SMILES string of the molecule is CCCOc1cc(C(=O)N[C@H]2CCSC2=O)cc(OCCC)c1OCCC. The summed E-state index contributed by atoms with van der Waals surface area (Å²) >= 11 is 1.26. The molecule has 0 radical (unpaired) electrons. The number of amides is 1. The quantitative estimate of drug-likeness (QED) is 0.614. The van der Waals surface area contributed by atoms with Gasteiger partial charge >= 0.3 is 0 Å². The number of ether oxygens (including phenoxy) is 3. The minimum atomic E-state index is -0.432. The zero-order chi connectivity index (χ0) is 19.6. The van der Waals surface area contributed by atoms with Crippen molar-refractivity contribution in [3.8, 4) is 17.2 Å². The van der Waals surface area contributed by atoms with Gasteiger partial charge in [-0.2, -0.15) is 0 Å². The summed E-state index contributed by atoms with van der Waals surface area (Å²) in [6, 6.07) is 2.90. The van der Waals surface area contributed by atoms with Crippen LogP contribution in [-0.4, -0.2) is 42.6 Å². The molecular formula is C20H29NO5S. The van der Waals surface area contributed by atoms with Crippen molar-refractivity contribution < 1.29 is 23.8 Å². The Kier molecular flexibility index (Phi) is 8.78. The lowest BCUT2D eigenvalue weighted by molar-refractivity contribution is -0.112.